The average Bonchev–Trinajstić information content (AvgIpc) is 2.44. The third-order valence-electron chi connectivity index (χ3n) is 2.72. The van der Waals surface area contributed by atoms with Gasteiger partial charge < -0.3 is 14.6 Å². The summed E-state index contributed by atoms with van der Waals surface area (Å²) in [6.07, 6.45) is 0. The number of para-hydroxylation sites is 1. The van der Waals surface area contributed by atoms with Gasteiger partial charge in [-0.25, -0.2) is 4.79 Å². The predicted octanol–water partition coefficient (Wildman–Crippen LogP) is 3.15. The highest BCUT2D eigenvalue weighted by Gasteiger charge is 2.09. The van der Waals surface area contributed by atoms with E-state index in [1.54, 1.807) is 18.2 Å². The van der Waals surface area contributed by atoms with E-state index in [4.69, 9.17) is 14.6 Å². The van der Waals surface area contributed by atoms with Gasteiger partial charge in [-0.05, 0) is 36.8 Å². The van der Waals surface area contributed by atoms with Crippen LogP contribution < -0.4 is 9.47 Å². The van der Waals surface area contributed by atoms with Crippen molar-refractivity contribution in [3.63, 3.8) is 0 Å². The molecule has 0 amide bonds. The number of ether oxygens (including phenoxy) is 2. The average molecular weight is 272 g/mol. The summed E-state index contributed by atoms with van der Waals surface area (Å²) in [6.45, 7) is 2.64. The lowest BCUT2D eigenvalue weighted by Gasteiger charge is -2.10. The van der Waals surface area contributed by atoms with E-state index in [0.717, 1.165) is 11.3 Å². The van der Waals surface area contributed by atoms with E-state index in [1.165, 1.54) is 6.07 Å². The molecule has 0 bridgehead atoms. The zero-order chi connectivity index (χ0) is 14.4. The number of rotatable bonds is 6. The largest absolute Gasteiger partial charge is 0.490 e. The molecule has 0 saturated heterocycles. The van der Waals surface area contributed by atoms with E-state index in [2.05, 4.69) is 0 Å². The Labute approximate surface area is 117 Å². The summed E-state index contributed by atoms with van der Waals surface area (Å²) in [5.41, 5.74) is 1.28. The molecule has 0 aliphatic heterocycles. The molecule has 0 aliphatic carbocycles. The molecule has 104 valence electrons. The number of carboxylic acids is 1. The van der Waals surface area contributed by atoms with Gasteiger partial charge in [0.2, 0.25) is 0 Å². The van der Waals surface area contributed by atoms with Gasteiger partial charge in [-0.3, -0.25) is 0 Å². The van der Waals surface area contributed by atoms with E-state index < -0.39 is 5.97 Å². The molecule has 0 aliphatic rings. The number of hydrogen-bond donors (Lipinski definition) is 1. The molecular weight excluding hydrogens is 256 g/mol. The molecule has 0 fully saturated rings. The van der Waals surface area contributed by atoms with Crippen molar-refractivity contribution in [2.24, 2.45) is 0 Å². The fraction of sp³-hybridized carbons (Fsp3) is 0.188. The van der Waals surface area contributed by atoms with Crippen LogP contribution in [0.25, 0.3) is 0 Å². The Hall–Kier alpha value is -2.49. The molecule has 0 unspecified atom stereocenters. The second-order valence-electron chi connectivity index (χ2n) is 4.31. The van der Waals surface area contributed by atoms with Gasteiger partial charge in [0.05, 0.1) is 0 Å². The van der Waals surface area contributed by atoms with Crippen molar-refractivity contribution in [1.29, 1.82) is 0 Å². The first-order valence-electron chi connectivity index (χ1n) is 6.31. The molecule has 4 heteroatoms. The summed E-state index contributed by atoms with van der Waals surface area (Å²) < 4.78 is 11.0. The van der Waals surface area contributed by atoms with Crippen LogP contribution in [-0.4, -0.2) is 24.3 Å². The third kappa shape index (κ3) is 3.75. The van der Waals surface area contributed by atoms with Crippen LogP contribution in [0.3, 0.4) is 0 Å². The zero-order valence-electron chi connectivity index (χ0n) is 11.2. The molecule has 2 aromatic rings. The lowest BCUT2D eigenvalue weighted by atomic mass is 10.2. The SMILES string of the molecule is Cc1cccc(OCCOc2ccccc2C(=O)O)c1. The summed E-state index contributed by atoms with van der Waals surface area (Å²) in [7, 11) is 0. The maximum Gasteiger partial charge on any atom is 0.339 e. The van der Waals surface area contributed by atoms with Gasteiger partial charge in [0.15, 0.2) is 0 Å². The van der Waals surface area contributed by atoms with Crippen molar-refractivity contribution in [3.8, 4) is 11.5 Å². The molecule has 0 heterocycles. The molecule has 2 aromatic carbocycles. The first-order valence-corrected chi connectivity index (χ1v) is 6.31. The molecule has 4 nitrogen and oxygen atoms in total. The predicted molar refractivity (Wildman–Crippen MR) is 75.6 cm³/mol. The minimum atomic E-state index is -1.000. The van der Waals surface area contributed by atoms with Gasteiger partial charge in [-0.15, -0.1) is 0 Å². The van der Waals surface area contributed by atoms with Gasteiger partial charge in [0.1, 0.15) is 30.3 Å². The molecule has 0 radical (unpaired) electrons. The number of aryl methyl sites for hydroxylation is 1. The van der Waals surface area contributed by atoms with Crippen LogP contribution >= 0.6 is 0 Å². The van der Waals surface area contributed by atoms with Gasteiger partial charge in [0, 0.05) is 0 Å². The lowest BCUT2D eigenvalue weighted by Crippen LogP contribution is -2.11. The molecule has 0 aromatic heterocycles. The highest BCUT2D eigenvalue weighted by atomic mass is 16.5. The minimum absolute atomic E-state index is 0.156. The first kappa shape index (κ1) is 13.9. The second kappa shape index (κ2) is 6.61. The van der Waals surface area contributed by atoms with Crippen LogP contribution in [0.2, 0.25) is 0 Å². The molecule has 0 spiro atoms. The molecular formula is C16H16O4. The molecule has 1 N–H and O–H groups in total. The molecule has 0 atom stereocenters. The summed E-state index contributed by atoms with van der Waals surface area (Å²) in [5, 5.41) is 9.02. The maximum atomic E-state index is 11.0. The number of carboxylic acid groups (broad SMARTS) is 1. The van der Waals surface area contributed by atoms with Crippen LogP contribution in [0.15, 0.2) is 48.5 Å². The summed E-state index contributed by atoms with van der Waals surface area (Å²) in [5.74, 6) is 0.133. The standard InChI is InChI=1S/C16H16O4/c1-12-5-4-6-13(11-12)19-9-10-20-15-8-3-2-7-14(15)16(17)18/h2-8,11H,9-10H2,1H3,(H,17,18). The fourth-order valence-electron chi connectivity index (χ4n) is 1.79. The van der Waals surface area contributed by atoms with E-state index in [-0.39, 0.29) is 12.2 Å². The van der Waals surface area contributed by atoms with Crippen LogP contribution in [0.1, 0.15) is 15.9 Å². The second-order valence-corrected chi connectivity index (χ2v) is 4.31. The molecule has 20 heavy (non-hydrogen) atoms. The van der Waals surface area contributed by atoms with Crippen molar-refractivity contribution in [1.82, 2.24) is 0 Å². The smallest absolute Gasteiger partial charge is 0.339 e. The zero-order valence-corrected chi connectivity index (χ0v) is 11.2. The Morgan fingerprint density at radius 3 is 2.55 bits per heavy atom. The Morgan fingerprint density at radius 1 is 1.05 bits per heavy atom. The van der Waals surface area contributed by atoms with E-state index in [0.29, 0.717) is 12.4 Å². The fourth-order valence-corrected chi connectivity index (χ4v) is 1.79. The van der Waals surface area contributed by atoms with Crippen LogP contribution in [-0.2, 0) is 0 Å². The third-order valence-corrected chi connectivity index (χ3v) is 2.72. The Balaban J connectivity index is 1.86. The Morgan fingerprint density at radius 2 is 1.80 bits per heavy atom. The van der Waals surface area contributed by atoms with Gasteiger partial charge >= 0.3 is 5.97 Å². The monoisotopic (exact) mass is 272 g/mol. The summed E-state index contributed by atoms with van der Waals surface area (Å²) in [6, 6.07) is 14.3. The van der Waals surface area contributed by atoms with Crippen LogP contribution in [0, 0.1) is 6.92 Å². The Kier molecular flexibility index (Phi) is 4.60. The number of hydrogen-bond acceptors (Lipinski definition) is 3. The number of aromatic carboxylic acids is 1. The van der Waals surface area contributed by atoms with Crippen molar-refractivity contribution in [2.75, 3.05) is 13.2 Å². The van der Waals surface area contributed by atoms with Crippen molar-refractivity contribution in [3.05, 3.63) is 59.7 Å². The van der Waals surface area contributed by atoms with Crippen LogP contribution in [0.5, 0.6) is 11.5 Å². The molecule has 0 saturated carbocycles. The highest BCUT2D eigenvalue weighted by molar-refractivity contribution is 5.90. The van der Waals surface area contributed by atoms with Gasteiger partial charge in [0.25, 0.3) is 0 Å². The summed E-state index contributed by atoms with van der Waals surface area (Å²) in [4.78, 5) is 11.0. The van der Waals surface area contributed by atoms with Crippen molar-refractivity contribution >= 4 is 5.97 Å². The van der Waals surface area contributed by atoms with E-state index in [9.17, 15) is 4.79 Å². The van der Waals surface area contributed by atoms with Gasteiger partial charge in [-0.2, -0.15) is 0 Å². The first-order chi connectivity index (χ1) is 9.66. The minimum Gasteiger partial charge on any atom is -0.490 e. The Bertz CT molecular complexity index is 593. The normalized spacial score (nSPS) is 10.1. The number of benzene rings is 2. The van der Waals surface area contributed by atoms with E-state index in [1.807, 2.05) is 31.2 Å². The maximum absolute atomic E-state index is 11.0. The summed E-state index contributed by atoms with van der Waals surface area (Å²) >= 11 is 0. The lowest BCUT2D eigenvalue weighted by molar-refractivity contribution is 0.0691. The number of carbonyl (C=O) groups is 1. The van der Waals surface area contributed by atoms with Gasteiger partial charge in [-0.1, -0.05) is 24.3 Å². The topological polar surface area (TPSA) is 55.8 Å². The quantitative estimate of drug-likeness (QED) is 0.821. The van der Waals surface area contributed by atoms with Crippen molar-refractivity contribution in [2.45, 2.75) is 6.92 Å². The van der Waals surface area contributed by atoms with Crippen LogP contribution in [0.4, 0.5) is 0 Å². The molecule has 2 rings (SSSR count). The van der Waals surface area contributed by atoms with E-state index >= 15 is 0 Å². The highest BCUT2D eigenvalue weighted by Crippen LogP contribution is 2.18. The van der Waals surface area contributed by atoms with Crippen molar-refractivity contribution < 1.29 is 19.4 Å².